The third kappa shape index (κ3) is 4.15. The molecular weight excluding hydrogens is 226 g/mol. The minimum Gasteiger partial charge on any atom is -0.393 e. The maximum absolute atomic E-state index is 12.1. The van der Waals surface area contributed by atoms with Crippen molar-refractivity contribution in [1.29, 1.82) is 0 Å². The monoisotopic (exact) mass is 249 g/mol. The fraction of sp³-hybridized carbons (Fsp3) is 0.533. The van der Waals surface area contributed by atoms with Crippen LogP contribution in [0.15, 0.2) is 24.3 Å². The van der Waals surface area contributed by atoms with Gasteiger partial charge in [-0.2, -0.15) is 0 Å². The summed E-state index contributed by atoms with van der Waals surface area (Å²) in [5.74, 6) is 0.480. The van der Waals surface area contributed by atoms with Crippen LogP contribution in [0.4, 0.5) is 0 Å². The van der Waals surface area contributed by atoms with Gasteiger partial charge in [-0.15, -0.1) is 0 Å². The normalized spacial score (nSPS) is 12.6. The van der Waals surface area contributed by atoms with Gasteiger partial charge in [0.1, 0.15) is 0 Å². The number of rotatable bonds is 5. The Bertz CT molecular complexity index is 382. The molecule has 0 fully saturated rings. The summed E-state index contributed by atoms with van der Waals surface area (Å²) in [7, 11) is 1.76. The van der Waals surface area contributed by atoms with Crippen molar-refractivity contribution in [2.24, 2.45) is 0 Å². The molecule has 18 heavy (non-hydrogen) atoms. The van der Waals surface area contributed by atoms with Gasteiger partial charge < -0.3 is 10.0 Å². The Morgan fingerprint density at radius 2 is 1.78 bits per heavy atom. The van der Waals surface area contributed by atoms with Crippen LogP contribution in [-0.4, -0.2) is 35.6 Å². The van der Waals surface area contributed by atoms with E-state index in [2.05, 4.69) is 13.8 Å². The quantitative estimate of drug-likeness (QED) is 0.871. The van der Waals surface area contributed by atoms with Crippen LogP contribution in [0.3, 0.4) is 0 Å². The lowest BCUT2D eigenvalue weighted by Gasteiger charge is -2.18. The van der Waals surface area contributed by atoms with E-state index in [9.17, 15) is 9.90 Å². The molecule has 0 saturated carbocycles. The molecule has 1 amide bonds. The lowest BCUT2D eigenvalue weighted by atomic mass is 10.0. The van der Waals surface area contributed by atoms with Crippen molar-refractivity contribution in [2.75, 3.05) is 13.6 Å². The van der Waals surface area contributed by atoms with Crippen LogP contribution in [0.5, 0.6) is 0 Å². The minimum absolute atomic E-state index is 0.00551. The average Bonchev–Trinajstić information content (AvgIpc) is 2.35. The summed E-state index contributed by atoms with van der Waals surface area (Å²) in [5.41, 5.74) is 1.94. The zero-order valence-electron chi connectivity index (χ0n) is 11.7. The Kier molecular flexibility index (Phi) is 5.35. The number of hydrogen-bond acceptors (Lipinski definition) is 2. The van der Waals surface area contributed by atoms with Crippen LogP contribution in [-0.2, 0) is 0 Å². The van der Waals surface area contributed by atoms with Gasteiger partial charge >= 0.3 is 0 Å². The Labute approximate surface area is 109 Å². The molecule has 0 aliphatic rings. The first-order chi connectivity index (χ1) is 8.41. The number of aliphatic hydroxyl groups is 1. The predicted molar refractivity (Wildman–Crippen MR) is 73.8 cm³/mol. The van der Waals surface area contributed by atoms with Gasteiger partial charge in [0.2, 0.25) is 0 Å². The summed E-state index contributed by atoms with van der Waals surface area (Å²) < 4.78 is 0. The van der Waals surface area contributed by atoms with E-state index in [0.717, 1.165) is 0 Å². The number of carbonyl (C=O) groups is 1. The van der Waals surface area contributed by atoms with Crippen LogP contribution in [0.2, 0.25) is 0 Å². The third-order valence-corrected chi connectivity index (χ3v) is 3.05. The van der Waals surface area contributed by atoms with E-state index < -0.39 is 0 Å². The second-order valence-corrected chi connectivity index (χ2v) is 5.14. The summed E-state index contributed by atoms with van der Waals surface area (Å²) in [6.45, 7) is 6.56. The van der Waals surface area contributed by atoms with E-state index >= 15 is 0 Å². The van der Waals surface area contributed by atoms with Crippen molar-refractivity contribution in [3.8, 4) is 0 Å². The van der Waals surface area contributed by atoms with Crippen molar-refractivity contribution in [2.45, 2.75) is 39.2 Å². The lowest BCUT2D eigenvalue weighted by Crippen LogP contribution is -2.29. The number of hydrogen-bond donors (Lipinski definition) is 1. The molecule has 3 heteroatoms. The molecule has 1 N–H and O–H groups in total. The van der Waals surface area contributed by atoms with Crippen molar-refractivity contribution >= 4 is 5.91 Å². The van der Waals surface area contributed by atoms with Crippen LogP contribution in [0, 0.1) is 0 Å². The fourth-order valence-electron chi connectivity index (χ4n) is 1.71. The van der Waals surface area contributed by atoms with Crippen molar-refractivity contribution in [3.05, 3.63) is 35.4 Å². The maximum atomic E-state index is 12.1. The predicted octanol–water partition coefficient (Wildman–Crippen LogP) is 2.65. The van der Waals surface area contributed by atoms with Gasteiger partial charge in [0, 0.05) is 19.2 Å². The fourth-order valence-corrected chi connectivity index (χ4v) is 1.71. The molecule has 1 rings (SSSR count). The molecule has 0 heterocycles. The van der Waals surface area contributed by atoms with E-state index in [1.54, 1.807) is 18.9 Å². The van der Waals surface area contributed by atoms with Crippen molar-refractivity contribution in [3.63, 3.8) is 0 Å². The van der Waals surface area contributed by atoms with Gasteiger partial charge in [-0.05, 0) is 37.0 Å². The second-order valence-electron chi connectivity index (χ2n) is 5.14. The largest absolute Gasteiger partial charge is 0.393 e. The zero-order chi connectivity index (χ0) is 13.7. The molecule has 0 aliphatic carbocycles. The standard InChI is InChI=1S/C15H23NO2/c1-11(2)13-5-7-14(8-6-13)15(18)16(4)10-9-12(3)17/h5-8,11-12,17H,9-10H2,1-4H3. The first-order valence-electron chi connectivity index (χ1n) is 6.45. The lowest BCUT2D eigenvalue weighted by molar-refractivity contribution is 0.0769. The average molecular weight is 249 g/mol. The SMILES string of the molecule is CC(O)CCN(C)C(=O)c1ccc(C(C)C)cc1. The molecule has 3 nitrogen and oxygen atoms in total. The molecule has 1 atom stereocenters. The van der Waals surface area contributed by atoms with E-state index in [1.165, 1.54) is 5.56 Å². The minimum atomic E-state index is -0.372. The molecule has 0 bridgehead atoms. The van der Waals surface area contributed by atoms with Gasteiger partial charge in [-0.3, -0.25) is 4.79 Å². The molecule has 0 aromatic heterocycles. The summed E-state index contributed by atoms with van der Waals surface area (Å²) in [6.07, 6.45) is 0.232. The highest BCUT2D eigenvalue weighted by atomic mass is 16.3. The Balaban J connectivity index is 2.66. The first kappa shape index (κ1) is 14.7. The summed E-state index contributed by atoms with van der Waals surface area (Å²) in [5, 5.41) is 9.21. The van der Waals surface area contributed by atoms with Crippen molar-refractivity contribution < 1.29 is 9.90 Å². The van der Waals surface area contributed by atoms with Crippen LogP contribution in [0.25, 0.3) is 0 Å². The highest BCUT2D eigenvalue weighted by molar-refractivity contribution is 5.94. The summed E-state index contributed by atoms with van der Waals surface area (Å²) in [4.78, 5) is 13.7. The summed E-state index contributed by atoms with van der Waals surface area (Å²) in [6, 6.07) is 7.74. The first-order valence-corrected chi connectivity index (χ1v) is 6.45. The number of nitrogens with zero attached hydrogens (tertiary/aromatic N) is 1. The molecular formula is C15H23NO2. The number of benzene rings is 1. The smallest absolute Gasteiger partial charge is 0.253 e. The Hall–Kier alpha value is -1.35. The van der Waals surface area contributed by atoms with Crippen molar-refractivity contribution in [1.82, 2.24) is 4.90 Å². The van der Waals surface area contributed by atoms with Gasteiger partial charge in [-0.25, -0.2) is 0 Å². The van der Waals surface area contributed by atoms with Gasteiger partial charge in [0.15, 0.2) is 0 Å². The molecule has 1 unspecified atom stereocenters. The molecule has 0 saturated heterocycles. The molecule has 100 valence electrons. The molecule has 0 radical (unpaired) electrons. The van der Waals surface area contributed by atoms with E-state index in [-0.39, 0.29) is 12.0 Å². The second kappa shape index (κ2) is 6.55. The van der Waals surface area contributed by atoms with Gasteiger partial charge in [-0.1, -0.05) is 26.0 Å². The number of carbonyl (C=O) groups excluding carboxylic acids is 1. The highest BCUT2D eigenvalue weighted by Crippen LogP contribution is 2.15. The molecule has 0 spiro atoms. The zero-order valence-corrected chi connectivity index (χ0v) is 11.7. The Morgan fingerprint density at radius 1 is 1.22 bits per heavy atom. The van der Waals surface area contributed by atoms with Gasteiger partial charge in [0.25, 0.3) is 5.91 Å². The molecule has 1 aromatic rings. The van der Waals surface area contributed by atoms with Crippen LogP contribution in [0.1, 0.15) is 49.0 Å². The third-order valence-electron chi connectivity index (χ3n) is 3.05. The number of aliphatic hydroxyl groups excluding tert-OH is 1. The van der Waals surface area contributed by atoms with E-state index in [1.807, 2.05) is 24.3 Å². The van der Waals surface area contributed by atoms with Crippen LogP contribution >= 0.6 is 0 Å². The molecule has 1 aromatic carbocycles. The number of amides is 1. The van der Waals surface area contributed by atoms with E-state index in [4.69, 9.17) is 0 Å². The van der Waals surface area contributed by atoms with Crippen LogP contribution < -0.4 is 0 Å². The molecule has 0 aliphatic heterocycles. The van der Waals surface area contributed by atoms with Gasteiger partial charge in [0.05, 0.1) is 6.10 Å². The topological polar surface area (TPSA) is 40.5 Å². The van der Waals surface area contributed by atoms with E-state index in [0.29, 0.717) is 24.4 Å². The maximum Gasteiger partial charge on any atom is 0.253 e. The summed E-state index contributed by atoms with van der Waals surface area (Å²) >= 11 is 0. The highest BCUT2D eigenvalue weighted by Gasteiger charge is 2.12. The Morgan fingerprint density at radius 3 is 2.22 bits per heavy atom.